The molecule has 0 N–H and O–H groups in total. The number of rotatable bonds is 8. The second-order valence-corrected chi connectivity index (χ2v) is 13.5. The molecule has 0 radical (unpaired) electrons. The van der Waals surface area contributed by atoms with Crippen LogP contribution in [0.25, 0.3) is 0 Å². The van der Waals surface area contributed by atoms with Crippen molar-refractivity contribution in [1.29, 1.82) is 0 Å². The van der Waals surface area contributed by atoms with E-state index in [1.54, 1.807) is 6.92 Å². The van der Waals surface area contributed by atoms with Gasteiger partial charge in [-0.05, 0) is 36.5 Å². The van der Waals surface area contributed by atoms with E-state index in [1.165, 1.54) is 11.3 Å². The van der Waals surface area contributed by atoms with Crippen LogP contribution in [-0.2, 0) is 9.22 Å². The lowest BCUT2D eigenvalue weighted by Crippen LogP contribution is -2.46. The zero-order valence-electron chi connectivity index (χ0n) is 14.8. The summed E-state index contributed by atoms with van der Waals surface area (Å²) in [5.41, 5.74) is -0.909. The van der Waals surface area contributed by atoms with Crippen LogP contribution < -0.4 is 0 Å². The Hall–Kier alpha value is -1.05. The Morgan fingerprint density at radius 1 is 1.39 bits per heavy atom. The number of carbonyl (C=O) groups is 1. The summed E-state index contributed by atoms with van der Waals surface area (Å²) in [6, 6.07) is 3.71. The minimum atomic E-state index is -2.03. The molecule has 0 unspecified atom stereocenters. The number of nitrogens with zero attached hydrogens (tertiary/aromatic N) is 1. The fraction of sp³-hybridized carbons (Fsp3) is 0.688. The van der Waals surface area contributed by atoms with E-state index in [-0.39, 0.29) is 23.1 Å². The molecule has 0 aliphatic rings. The number of nitro groups is 1. The molecule has 1 heterocycles. The van der Waals surface area contributed by atoms with Crippen molar-refractivity contribution in [3.05, 3.63) is 32.5 Å². The second kappa shape index (κ2) is 7.23. The highest BCUT2D eigenvalue weighted by atomic mass is 32.1. The summed E-state index contributed by atoms with van der Waals surface area (Å²) in [5, 5.41) is 13.0. The van der Waals surface area contributed by atoms with Gasteiger partial charge in [0, 0.05) is 16.4 Å². The maximum atomic E-state index is 11.8. The van der Waals surface area contributed by atoms with Gasteiger partial charge in [-0.2, -0.15) is 0 Å². The number of hydrogen-bond donors (Lipinski definition) is 0. The summed E-state index contributed by atoms with van der Waals surface area (Å²) in [5.74, 6) is -0.472. The van der Waals surface area contributed by atoms with E-state index < -0.39 is 19.7 Å². The zero-order valence-corrected chi connectivity index (χ0v) is 16.6. The highest BCUT2D eigenvalue weighted by molar-refractivity contribution is 7.10. The predicted molar refractivity (Wildman–Crippen MR) is 96.2 cm³/mol. The third-order valence-electron chi connectivity index (χ3n) is 4.83. The van der Waals surface area contributed by atoms with Gasteiger partial charge in [-0.1, -0.05) is 26.8 Å². The molecule has 0 saturated heterocycles. The van der Waals surface area contributed by atoms with Crippen molar-refractivity contribution in [1.82, 2.24) is 0 Å². The van der Waals surface area contributed by atoms with E-state index in [0.717, 1.165) is 11.2 Å². The summed E-state index contributed by atoms with van der Waals surface area (Å²) >= 11 is 1.45. The van der Waals surface area contributed by atoms with Gasteiger partial charge in [-0.25, -0.2) is 0 Å². The van der Waals surface area contributed by atoms with Crippen molar-refractivity contribution in [3.8, 4) is 0 Å². The molecule has 1 rings (SSSR count). The van der Waals surface area contributed by atoms with Crippen LogP contribution in [0.3, 0.4) is 0 Å². The Kier molecular flexibility index (Phi) is 6.29. The predicted octanol–water partition coefficient (Wildman–Crippen LogP) is 4.34. The lowest BCUT2D eigenvalue weighted by atomic mass is 9.78. The van der Waals surface area contributed by atoms with Gasteiger partial charge in [0.2, 0.25) is 6.54 Å². The van der Waals surface area contributed by atoms with Crippen LogP contribution in [0.4, 0.5) is 0 Å². The van der Waals surface area contributed by atoms with Gasteiger partial charge in [-0.15, -0.1) is 11.3 Å². The SMILES string of the molecule is CC(C)(C)[Si](C)(C)OC[C@@](C)(C=O)[C@H](C[N+](=O)[O-])c1cccs1. The van der Waals surface area contributed by atoms with Crippen LogP contribution in [0.5, 0.6) is 0 Å². The van der Waals surface area contributed by atoms with Crippen molar-refractivity contribution in [3.63, 3.8) is 0 Å². The van der Waals surface area contributed by atoms with Gasteiger partial charge in [0.25, 0.3) is 0 Å². The fourth-order valence-corrected chi connectivity index (χ4v) is 4.12. The highest BCUT2D eigenvalue weighted by Crippen LogP contribution is 2.41. The van der Waals surface area contributed by atoms with Gasteiger partial charge in [-0.3, -0.25) is 10.1 Å². The third kappa shape index (κ3) is 4.96. The van der Waals surface area contributed by atoms with Gasteiger partial charge in [0.1, 0.15) is 6.29 Å². The van der Waals surface area contributed by atoms with Crippen molar-refractivity contribution >= 4 is 25.9 Å². The van der Waals surface area contributed by atoms with E-state index in [1.807, 2.05) is 17.5 Å². The van der Waals surface area contributed by atoms with E-state index >= 15 is 0 Å². The van der Waals surface area contributed by atoms with E-state index in [9.17, 15) is 14.9 Å². The average molecular weight is 358 g/mol. The monoisotopic (exact) mass is 357 g/mol. The largest absolute Gasteiger partial charge is 0.416 e. The van der Waals surface area contributed by atoms with Crippen LogP contribution in [0, 0.1) is 15.5 Å². The fourth-order valence-electron chi connectivity index (χ4n) is 2.03. The first-order chi connectivity index (χ1) is 10.4. The zero-order chi connectivity index (χ0) is 17.9. The minimum Gasteiger partial charge on any atom is -0.416 e. The second-order valence-electron chi connectivity index (χ2n) is 7.76. The first-order valence-electron chi connectivity index (χ1n) is 7.68. The number of thiophene rings is 1. The summed E-state index contributed by atoms with van der Waals surface area (Å²) in [4.78, 5) is 23.4. The van der Waals surface area contributed by atoms with Gasteiger partial charge in [0.15, 0.2) is 8.32 Å². The molecule has 0 aliphatic carbocycles. The standard InChI is InChI=1S/C16H27NO4SSi/c1-15(2,3)23(5,6)21-12-16(4,11-18)13(10-17(19)20)14-8-7-9-22-14/h7-9,11,13H,10,12H2,1-6H3/t13-,16-/m1/s1. The molecule has 23 heavy (non-hydrogen) atoms. The quantitative estimate of drug-likeness (QED) is 0.300. The normalized spacial score (nSPS) is 16.6. The average Bonchev–Trinajstić information content (AvgIpc) is 2.94. The molecule has 2 atom stereocenters. The molecule has 7 heteroatoms. The van der Waals surface area contributed by atoms with Crippen LogP contribution in [0.15, 0.2) is 17.5 Å². The molecule has 0 fully saturated rings. The van der Waals surface area contributed by atoms with Crippen molar-refractivity contribution in [2.24, 2.45) is 5.41 Å². The van der Waals surface area contributed by atoms with E-state index in [2.05, 4.69) is 33.9 Å². The Morgan fingerprint density at radius 3 is 2.39 bits per heavy atom. The molecule has 1 aromatic heterocycles. The molecule has 0 amide bonds. The first-order valence-corrected chi connectivity index (χ1v) is 11.5. The van der Waals surface area contributed by atoms with Crippen LogP contribution in [0.2, 0.25) is 18.1 Å². The lowest BCUT2D eigenvalue weighted by molar-refractivity contribution is -0.485. The molecular formula is C16H27NO4SSi. The molecule has 5 nitrogen and oxygen atoms in total. The summed E-state index contributed by atoms with van der Waals surface area (Å²) in [7, 11) is -2.03. The molecule has 0 spiro atoms. The highest BCUT2D eigenvalue weighted by Gasteiger charge is 2.44. The topological polar surface area (TPSA) is 69.4 Å². The first kappa shape index (κ1) is 20.0. The molecule has 130 valence electrons. The Morgan fingerprint density at radius 2 is 2.00 bits per heavy atom. The van der Waals surface area contributed by atoms with Crippen LogP contribution in [-0.4, -0.2) is 32.7 Å². The van der Waals surface area contributed by atoms with Gasteiger partial charge in [0.05, 0.1) is 11.3 Å². The summed E-state index contributed by atoms with van der Waals surface area (Å²) in [6.45, 7) is 12.3. The molecule has 0 bridgehead atoms. The van der Waals surface area contributed by atoms with Crippen LogP contribution in [0.1, 0.15) is 38.5 Å². The van der Waals surface area contributed by atoms with Crippen molar-refractivity contribution < 1.29 is 14.1 Å². The van der Waals surface area contributed by atoms with Crippen molar-refractivity contribution in [2.45, 2.75) is 51.7 Å². The molecule has 0 aliphatic heterocycles. The molecule has 0 saturated carbocycles. The van der Waals surface area contributed by atoms with Crippen molar-refractivity contribution in [2.75, 3.05) is 13.2 Å². The molecule has 0 aromatic carbocycles. The Bertz CT molecular complexity index is 539. The number of carbonyl (C=O) groups excluding carboxylic acids is 1. The smallest absolute Gasteiger partial charge is 0.212 e. The molecular weight excluding hydrogens is 330 g/mol. The van der Waals surface area contributed by atoms with E-state index in [4.69, 9.17) is 4.43 Å². The third-order valence-corrected chi connectivity index (χ3v) is 10.3. The summed E-state index contributed by atoms with van der Waals surface area (Å²) in [6.07, 6.45) is 0.827. The summed E-state index contributed by atoms with van der Waals surface area (Å²) < 4.78 is 6.20. The number of hydrogen-bond acceptors (Lipinski definition) is 5. The Labute approximate surface area is 143 Å². The minimum absolute atomic E-state index is 0.0261. The van der Waals surface area contributed by atoms with E-state index in [0.29, 0.717) is 0 Å². The Balaban J connectivity index is 3.05. The van der Waals surface area contributed by atoms with Gasteiger partial charge >= 0.3 is 0 Å². The van der Waals surface area contributed by atoms with Crippen LogP contribution >= 0.6 is 11.3 Å². The van der Waals surface area contributed by atoms with Gasteiger partial charge < -0.3 is 9.22 Å². The maximum absolute atomic E-state index is 11.8. The number of aldehydes is 1. The lowest BCUT2D eigenvalue weighted by Gasteiger charge is -2.39. The molecule has 1 aromatic rings. The maximum Gasteiger partial charge on any atom is 0.212 e.